The molecule has 0 aliphatic rings. The van der Waals surface area contributed by atoms with Crippen molar-refractivity contribution >= 4 is 23.1 Å². The van der Waals surface area contributed by atoms with E-state index >= 15 is 0 Å². The second kappa shape index (κ2) is 4.23. The van der Waals surface area contributed by atoms with E-state index in [9.17, 15) is 4.79 Å². The standard InChI is InChI=1S/C8H13N3OS/c1-5(2)10-7(12)3-8-11-6(9)4-13-8/h4-5H,3,9H2,1-2H3,(H,10,12). The number of amides is 1. The van der Waals surface area contributed by atoms with Gasteiger partial charge in [-0.05, 0) is 13.8 Å². The van der Waals surface area contributed by atoms with Crippen molar-refractivity contribution in [1.82, 2.24) is 10.3 Å². The summed E-state index contributed by atoms with van der Waals surface area (Å²) in [4.78, 5) is 15.2. The Morgan fingerprint density at radius 2 is 2.46 bits per heavy atom. The molecular formula is C8H13N3OS. The number of nitrogens with zero attached hydrogens (tertiary/aromatic N) is 1. The Bertz CT molecular complexity index is 295. The Kier molecular flexibility index (Phi) is 3.25. The highest BCUT2D eigenvalue weighted by molar-refractivity contribution is 7.10. The van der Waals surface area contributed by atoms with E-state index < -0.39 is 0 Å². The van der Waals surface area contributed by atoms with Crippen molar-refractivity contribution in [1.29, 1.82) is 0 Å². The highest BCUT2D eigenvalue weighted by Crippen LogP contribution is 2.11. The highest BCUT2D eigenvalue weighted by Gasteiger charge is 2.07. The first-order valence-corrected chi connectivity index (χ1v) is 4.95. The molecule has 3 N–H and O–H groups in total. The quantitative estimate of drug-likeness (QED) is 0.756. The third-order valence-electron chi connectivity index (χ3n) is 1.33. The largest absolute Gasteiger partial charge is 0.383 e. The first-order chi connectivity index (χ1) is 6.08. The minimum atomic E-state index is -0.00986. The number of hydrogen-bond donors (Lipinski definition) is 2. The fourth-order valence-corrected chi connectivity index (χ4v) is 1.60. The first kappa shape index (κ1) is 9.98. The van der Waals surface area contributed by atoms with Gasteiger partial charge in [-0.25, -0.2) is 4.98 Å². The van der Waals surface area contributed by atoms with Gasteiger partial charge in [0.1, 0.15) is 10.8 Å². The van der Waals surface area contributed by atoms with E-state index in [-0.39, 0.29) is 11.9 Å². The van der Waals surface area contributed by atoms with Crippen molar-refractivity contribution < 1.29 is 4.79 Å². The normalized spacial score (nSPS) is 10.4. The van der Waals surface area contributed by atoms with Crippen molar-refractivity contribution in [3.8, 4) is 0 Å². The van der Waals surface area contributed by atoms with E-state index in [0.717, 1.165) is 5.01 Å². The van der Waals surface area contributed by atoms with Crippen molar-refractivity contribution in [2.24, 2.45) is 0 Å². The summed E-state index contributed by atoms with van der Waals surface area (Å²) in [7, 11) is 0. The predicted molar refractivity (Wildman–Crippen MR) is 53.5 cm³/mol. The zero-order valence-corrected chi connectivity index (χ0v) is 8.52. The van der Waals surface area contributed by atoms with E-state index in [1.165, 1.54) is 11.3 Å². The molecule has 1 heterocycles. The Balaban J connectivity index is 2.45. The van der Waals surface area contributed by atoms with Crippen LogP contribution in [0.5, 0.6) is 0 Å². The number of hydrogen-bond acceptors (Lipinski definition) is 4. The zero-order chi connectivity index (χ0) is 9.84. The van der Waals surface area contributed by atoms with E-state index in [2.05, 4.69) is 10.3 Å². The summed E-state index contributed by atoms with van der Waals surface area (Å²) in [5, 5.41) is 5.28. The van der Waals surface area contributed by atoms with Crippen molar-refractivity contribution in [2.75, 3.05) is 5.73 Å². The topological polar surface area (TPSA) is 68.0 Å². The third kappa shape index (κ3) is 3.42. The molecule has 1 rings (SSSR count). The second-order valence-corrected chi connectivity index (χ2v) is 4.01. The molecule has 0 aromatic carbocycles. The van der Waals surface area contributed by atoms with Crippen LogP contribution in [0.2, 0.25) is 0 Å². The second-order valence-electron chi connectivity index (χ2n) is 3.07. The average molecular weight is 199 g/mol. The summed E-state index contributed by atoms with van der Waals surface area (Å²) in [6.45, 7) is 3.85. The van der Waals surface area contributed by atoms with Crippen LogP contribution in [0.25, 0.3) is 0 Å². The molecule has 1 aromatic rings. The smallest absolute Gasteiger partial charge is 0.227 e. The maximum atomic E-state index is 11.2. The number of carbonyl (C=O) groups is 1. The lowest BCUT2D eigenvalue weighted by molar-refractivity contribution is -0.120. The Hall–Kier alpha value is -1.10. The summed E-state index contributed by atoms with van der Waals surface area (Å²) >= 11 is 1.41. The Morgan fingerprint density at radius 3 is 2.92 bits per heavy atom. The van der Waals surface area contributed by atoms with E-state index in [1.54, 1.807) is 5.38 Å². The summed E-state index contributed by atoms with van der Waals surface area (Å²) in [5.41, 5.74) is 5.42. The molecule has 0 atom stereocenters. The molecule has 13 heavy (non-hydrogen) atoms. The van der Waals surface area contributed by atoms with Gasteiger partial charge in [0.25, 0.3) is 0 Å². The van der Waals surface area contributed by atoms with Gasteiger partial charge in [-0.2, -0.15) is 0 Å². The Labute approximate surface area is 81.2 Å². The summed E-state index contributed by atoms with van der Waals surface area (Å²) in [5.74, 6) is 0.474. The van der Waals surface area contributed by atoms with Gasteiger partial charge in [-0.1, -0.05) is 0 Å². The van der Waals surface area contributed by atoms with Crippen LogP contribution in [0, 0.1) is 0 Å². The number of thiazole rings is 1. The van der Waals surface area contributed by atoms with Crippen molar-refractivity contribution in [2.45, 2.75) is 26.3 Å². The number of anilines is 1. The molecule has 0 fully saturated rings. The van der Waals surface area contributed by atoms with Crippen LogP contribution in [0.1, 0.15) is 18.9 Å². The molecule has 1 amide bonds. The number of rotatable bonds is 3. The van der Waals surface area contributed by atoms with Gasteiger partial charge in [0.15, 0.2) is 0 Å². The van der Waals surface area contributed by atoms with Crippen molar-refractivity contribution in [3.63, 3.8) is 0 Å². The van der Waals surface area contributed by atoms with Crippen molar-refractivity contribution in [3.05, 3.63) is 10.4 Å². The first-order valence-electron chi connectivity index (χ1n) is 4.07. The predicted octanol–water partition coefficient (Wildman–Crippen LogP) is 0.792. The molecule has 0 aliphatic carbocycles. The molecule has 0 bridgehead atoms. The van der Waals surface area contributed by atoms with Crippen LogP contribution >= 0.6 is 11.3 Å². The monoisotopic (exact) mass is 199 g/mol. The van der Waals surface area contributed by atoms with Crippen LogP contribution in [-0.2, 0) is 11.2 Å². The van der Waals surface area contributed by atoms with Gasteiger partial charge in [0, 0.05) is 11.4 Å². The van der Waals surface area contributed by atoms with Crippen LogP contribution in [0.3, 0.4) is 0 Å². The van der Waals surface area contributed by atoms with Crippen LogP contribution < -0.4 is 11.1 Å². The molecular weight excluding hydrogens is 186 g/mol. The summed E-state index contributed by atoms with van der Waals surface area (Å²) < 4.78 is 0. The molecule has 5 heteroatoms. The number of nitrogens with two attached hydrogens (primary N) is 1. The maximum Gasteiger partial charge on any atom is 0.227 e. The molecule has 0 unspecified atom stereocenters. The minimum Gasteiger partial charge on any atom is -0.383 e. The third-order valence-corrected chi connectivity index (χ3v) is 2.20. The van der Waals surface area contributed by atoms with E-state index in [4.69, 9.17) is 5.73 Å². The van der Waals surface area contributed by atoms with Crippen LogP contribution in [0.4, 0.5) is 5.82 Å². The zero-order valence-electron chi connectivity index (χ0n) is 7.70. The number of nitrogens with one attached hydrogen (secondary N) is 1. The summed E-state index contributed by atoms with van der Waals surface area (Å²) in [6.07, 6.45) is 0.319. The molecule has 1 aromatic heterocycles. The lowest BCUT2D eigenvalue weighted by Gasteiger charge is -2.05. The van der Waals surface area contributed by atoms with Crippen LogP contribution in [0.15, 0.2) is 5.38 Å². The molecule has 72 valence electrons. The molecule has 0 spiro atoms. The van der Waals surface area contributed by atoms with Gasteiger partial charge in [-0.3, -0.25) is 4.79 Å². The number of aromatic nitrogens is 1. The fourth-order valence-electron chi connectivity index (χ4n) is 0.917. The van der Waals surface area contributed by atoms with Gasteiger partial charge in [-0.15, -0.1) is 11.3 Å². The molecule has 4 nitrogen and oxygen atoms in total. The van der Waals surface area contributed by atoms with Crippen LogP contribution in [-0.4, -0.2) is 16.9 Å². The lowest BCUT2D eigenvalue weighted by atomic mass is 10.3. The number of nitrogen functional groups attached to an aromatic ring is 1. The summed E-state index contributed by atoms with van der Waals surface area (Å²) in [6, 6.07) is 0.171. The van der Waals surface area contributed by atoms with Gasteiger partial charge >= 0.3 is 0 Å². The fraction of sp³-hybridized carbons (Fsp3) is 0.500. The van der Waals surface area contributed by atoms with Gasteiger partial charge < -0.3 is 11.1 Å². The average Bonchev–Trinajstić information content (AvgIpc) is 2.33. The lowest BCUT2D eigenvalue weighted by Crippen LogP contribution is -2.31. The molecule has 0 radical (unpaired) electrons. The van der Waals surface area contributed by atoms with Gasteiger partial charge in [0.2, 0.25) is 5.91 Å². The van der Waals surface area contributed by atoms with E-state index in [1.807, 2.05) is 13.8 Å². The molecule has 0 saturated carbocycles. The molecule has 0 aliphatic heterocycles. The van der Waals surface area contributed by atoms with E-state index in [0.29, 0.717) is 12.2 Å². The SMILES string of the molecule is CC(C)NC(=O)Cc1nc(N)cs1. The number of carbonyl (C=O) groups excluding carboxylic acids is 1. The Morgan fingerprint density at radius 1 is 1.77 bits per heavy atom. The highest BCUT2D eigenvalue weighted by atomic mass is 32.1. The minimum absolute atomic E-state index is 0.00986. The maximum absolute atomic E-state index is 11.2. The van der Waals surface area contributed by atoms with Gasteiger partial charge in [0.05, 0.1) is 6.42 Å². The molecule has 0 saturated heterocycles.